The average Bonchev–Trinajstić information content (AvgIpc) is 2.82. The highest BCUT2D eigenvalue weighted by molar-refractivity contribution is 7.80. The number of carbonyl (C=O) groups excluding carboxylic acids is 1. The molecule has 0 saturated carbocycles. The Balaban J connectivity index is 1.70. The van der Waals surface area contributed by atoms with Crippen molar-refractivity contribution in [3.8, 4) is 0 Å². The molecule has 2 rings (SSSR count). The second kappa shape index (κ2) is 6.48. The highest BCUT2D eigenvalue weighted by Crippen LogP contribution is 2.21. The lowest BCUT2D eigenvalue weighted by molar-refractivity contribution is -0.131. The number of hydrogen-bond donors (Lipinski definition) is 1. The number of thiocarbonyl (C=S) groups is 1. The van der Waals surface area contributed by atoms with Crippen LogP contribution in [0, 0.1) is 5.92 Å². The maximum atomic E-state index is 11.8. The quantitative estimate of drug-likeness (QED) is 0.774. The lowest BCUT2D eigenvalue weighted by atomic mass is 9.96. The van der Waals surface area contributed by atoms with Gasteiger partial charge < -0.3 is 15.5 Å². The molecule has 0 aromatic carbocycles. The van der Waals surface area contributed by atoms with Gasteiger partial charge >= 0.3 is 0 Å². The molecule has 2 aliphatic rings. The molecule has 102 valence electrons. The van der Waals surface area contributed by atoms with Gasteiger partial charge in [-0.1, -0.05) is 12.2 Å². The van der Waals surface area contributed by atoms with Crippen molar-refractivity contribution in [3.63, 3.8) is 0 Å². The van der Waals surface area contributed by atoms with Crippen molar-refractivity contribution < 1.29 is 4.79 Å². The van der Waals surface area contributed by atoms with Gasteiger partial charge in [0.25, 0.3) is 0 Å². The van der Waals surface area contributed by atoms with Crippen molar-refractivity contribution in [1.82, 2.24) is 9.80 Å². The minimum absolute atomic E-state index is 0.0992. The van der Waals surface area contributed by atoms with E-state index in [0.717, 1.165) is 31.8 Å². The first-order valence-corrected chi connectivity index (χ1v) is 7.34. The summed E-state index contributed by atoms with van der Waals surface area (Å²) in [6.07, 6.45) is 5.18. The topological polar surface area (TPSA) is 49.6 Å². The highest BCUT2D eigenvalue weighted by atomic mass is 32.1. The first kappa shape index (κ1) is 13.7. The van der Waals surface area contributed by atoms with E-state index in [-0.39, 0.29) is 12.3 Å². The Morgan fingerprint density at radius 2 is 1.78 bits per heavy atom. The first-order chi connectivity index (χ1) is 8.65. The van der Waals surface area contributed by atoms with E-state index in [9.17, 15) is 4.79 Å². The van der Waals surface area contributed by atoms with E-state index in [1.807, 2.05) is 4.90 Å². The van der Waals surface area contributed by atoms with E-state index in [0.29, 0.717) is 4.99 Å². The summed E-state index contributed by atoms with van der Waals surface area (Å²) in [5.74, 6) is 0.860. The smallest absolute Gasteiger partial charge is 0.229 e. The molecular formula is C13H23N3OS. The van der Waals surface area contributed by atoms with Crippen LogP contribution in [-0.2, 0) is 4.79 Å². The number of nitrogens with zero attached hydrogens (tertiary/aromatic N) is 2. The van der Waals surface area contributed by atoms with E-state index < -0.39 is 0 Å². The van der Waals surface area contributed by atoms with Gasteiger partial charge in [-0.25, -0.2) is 0 Å². The summed E-state index contributed by atoms with van der Waals surface area (Å²) in [5, 5.41) is 0. The van der Waals surface area contributed by atoms with Crippen LogP contribution in [0.2, 0.25) is 0 Å². The van der Waals surface area contributed by atoms with Gasteiger partial charge in [0, 0.05) is 19.6 Å². The Bertz CT molecular complexity index is 307. The Morgan fingerprint density at radius 1 is 1.17 bits per heavy atom. The summed E-state index contributed by atoms with van der Waals surface area (Å²) in [7, 11) is 0. The maximum Gasteiger partial charge on any atom is 0.229 e. The molecule has 1 amide bonds. The van der Waals surface area contributed by atoms with Gasteiger partial charge in [0.2, 0.25) is 5.91 Å². The molecule has 0 radical (unpaired) electrons. The van der Waals surface area contributed by atoms with Crippen LogP contribution < -0.4 is 5.73 Å². The molecule has 2 saturated heterocycles. The van der Waals surface area contributed by atoms with E-state index >= 15 is 0 Å². The van der Waals surface area contributed by atoms with Gasteiger partial charge in [0.15, 0.2) is 0 Å². The lowest BCUT2D eigenvalue weighted by Crippen LogP contribution is -2.42. The molecule has 2 aliphatic heterocycles. The minimum atomic E-state index is 0.0992. The van der Waals surface area contributed by atoms with Crippen molar-refractivity contribution in [2.24, 2.45) is 11.7 Å². The molecule has 0 aliphatic carbocycles. The molecule has 2 fully saturated rings. The molecule has 2 N–H and O–H groups in total. The minimum Gasteiger partial charge on any atom is -0.393 e. The molecule has 18 heavy (non-hydrogen) atoms. The summed E-state index contributed by atoms with van der Waals surface area (Å²) < 4.78 is 0. The lowest BCUT2D eigenvalue weighted by Gasteiger charge is -2.33. The predicted octanol–water partition coefficient (Wildman–Crippen LogP) is 0.997. The second-order valence-corrected chi connectivity index (χ2v) is 6.00. The number of carbonyl (C=O) groups is 1. The summed E-state index contributed by atoms with van der Waals surface area (Å²) in [4.78, 5) is 16.6. The van der Waals surface area contributed by atoms with E-state index in [1.165, 1.54) is 32.5 Å². The van der Waals surface area contributed by atoms with Gasteiger partial charge in [-0.15, -0.1) is 0 Å². The molecule has 4 nitrogen and oxygen atoms in total. The third-order valence-corrected chi connectivity index (χ3v) is 4.15. The monoisotopic (exact) mass is 269 g/mol. The standard InChI is InChI=1S/C13H23N3OS/c14-12(18)9-13(17)16-7-3-11(4-8-16)10-15-5-1-2-6-15/h11H,1-10H2,(H2,14,18). The van der Waals surface area contributed by atoms with Crippen molar-refractivity contribution in [1.29, 1.82) is 0 Å². The van der Waals surface area contributed by atoms with Gasteiger partial charge in [-0.05, 0) is 44.7 Å². The number of hydrogen-bond acceptors (Lipinski definition) is 3. The van der Waals surface area contributed by atoms with E-state index in [4.69, 9.17) is 18.0 Å². The molecule has 0 unspecified atom stereocenters. The molecule has 0 aromatic rings. The molecule has 0 spiro atoms. The molecule has 0 bridgehead atoms. The van der Waals surface area contributed by atoms with Crippen molar-refractivity contribution in [2.75, 3.05) is 32.7 Å². The number of nitrogens with two attached hydrogens (primary N) is 1. The van der Waals surface area contributed by atoms with Crippen LogP contribution in [0.4, 0.5) is 0 Å². The number of amides is 1. The predicted molar refractivity (Wildman–Crippen MR) is 76.4 cm³/mol. The summed E-state index contributed by atoms with van der Waals surface area (Å²) in [6, 6.07) is 0. The molecule has 2 heterocycles. The molecule has 5 heteroatoms. The average molecular weight is 269 g/mol. The summed E-state index contributed by atoms with van der Waals surface area (Å²) in [6.45, 7) is 5.50. The van der Waals surface area contributed by atoms with Crippen molar-refractivity contribution >= 4 is 23.1 Å². The normalized spacial score (nSPS) is 22.3. The summed E-state index contributed by atoms with van der Waals surface area (Å²) in [5.41, 5.74) is 5.41. The fourth-order valence-corrected chi connectivity index (χ4v) is 3.08. The van der Waals surface area contributed by atoms with Crippen molar-refractivity contribution in [3.05, 3.63) is 0 Å². The molecular weight excluding hydrogens is 246 g/mol. The number of piperidine rings is 1. The Morgan fingerprint density at radius 3 is 2.33 bits per heavy atom. The van der Waals surface area contributed by atoms with Crippen LogP contribution in [0.3, 0.4) is 0 Å². The number of likely N-dealkylation sites (tertiary alicyclic amines) is 2. The van der Waals surface area contributed by atoms with Gasteiger partial charge in [0.1, 0.15) is 0 Å². The van der Waals surface area contributed by atoms with Crippen molar-refractivity contribution in [2.45, 2.75) is 32.1 Å². The fraction of sp³-hybridized carbons (Fsp3) is 0.846. The van der Waals surface area contributed by atoms with Gasteiger partial charge in [-0.3, -0.25) is 4.79 Å². The zero-order valence-electron chi connectivity index (χ0n) is 10.9. The number of rotatable bonds is 4. The Kier molecular flexibility index (Phi) is 4.95. The van der Waals surface area contributed by atoms with Gasteiger partial charge in [-0.2, -0.15) is 0 Å². The van der Waals surface area contributed by atoms with E-state index in [1.54, 1.807) is 0 Å². The molecule has 0 aromatic heterocycles. The fourth-order valence-electron chi connectivity index (χ4n) is 2.96. The highest BCUT2D eigenvalue weighted by Gasteiger charge is 2.25. The third-order valence-electron chi connectivity index (χ3n) is 4.01. The van der Waals surface area contributed by atoms with Crippen LogP contribution in [-0.4, -0.2) is 53.4 Å². The van der Waals surface area contributed by atoms with Crippen LogP contribution in [0.25, 0.3) is 0 Å². The second-order valence-electron chi connectivity index (χ2n) is 5.47. The summed E-state index contributed by atoms with van der Waals surface area (Å²) >= 11 is 4.78. The largest absolute Gasteiger partial charge is 0.393 e. The Hall–Kier alpha value is -0.680. The zero-order valence-corrected chi connectivity index (χ0v) is 11.8. The Labute approximate surface area is 114 Å². The van der Waals surface area contributed by atoms with E-state index in [2.05, 4.69) is 4.90 Å². The van der Waals surface area contributed by atoms with Crippen LogP contribution >= 0.6 is 12.2 Å². The maximum absolute atomic E-state index is 11.8. The zero-order chi connectivity index (χ0) is 13.0. The van der Waals surface area contributed by atoms with Crippen LogP contribution in [0.15, 0.2) is 0 Å². The van der Waals surface area contributed by atoms with Crippen LogP contribution in [0.1, 0.15) is 32.1 Å². The van der Waals surface area contributed by atoms with Gasteiger partial charge in [0.05, 0.1) is 11.4 Å². The third kappa shape index (κ3) is 3.92. The molecule has 0 atom stereocenters. The van der Waals surface area contributed by atoms with Crippen LogP contribution in [0.5, 0.6) is 0 Å². The first-order valence-electron chi connectivity index (χ1n) is 6.93. The SMILES string of the molecule is NC(=S)CC(=O)N1CCC(CN2CCCC2)CC1.